The molecular formula is C22H36O2Sn. The van der Waals surface area contributed by atoms with E-state index in [4.69, 9.17) is 3.07 Å². The Kier molecular flexibility index (Phi) is 11.2. The number of benzene rings is 1. The van der Waals surface area contributed by atoms with Gasteiger partial charge in [0.15, 0.2) is 0 Å². The second-order valence-corrected chi connectivity index (χ2v) is 18.8. The number of hydrogen-bond acceptors (Lipinski definition) is 2. The van der Waals surface area contributed by atoms with Crippen LogP contribution < -0.4 is 0 Å². The summed E-state index contributed by atoms with van der Waals surface area (Å²) in [5, 5.41) is 0. The van der Waals surface area contributed by atoms with Crippen molar-refractivity contribution in [2.45, 2.75) is 79.5 Å². The molecule has 0 fully saturated rings. The van der Waals surface area contributed by atoms with Gasteiger partial charge in [-0.05, 0) is 0 Å². The van der Waals surface area contributed by atoms with E-state index in [0.717, 1.165) is 5.56 Å². The molecule has 1 rings (SSSR count). The first-order valence-corrected chi connectivity index (χ1v) is 17.2. The third kappa shape index (κ3) is 8.93. The van der Waals surface area contributed by atoms with E-state index in [0.29, 0.717) is 0 Å². The third-order valence-electron chi connectivity index (χ3n) is 4.73. The van der Waals surface area contributed by atoms with Crippen LogP contribution in [0.3, 0.4) is 0 Å². The Labute approximate surface area is 159 Å². The Balaban J connectivity index is 2.83. The zero-order valence-corrected chi connectivity index (χ0v) is 19.5. The van der Waals surface area contributed by atoms with Gasteiger partial charge in [-0.2, -0.15) is 0 Å². The number of rotatable bonds is 12. The molecule has 1 aromatic carbocycles. The fourth-order valence-electron chi connectivity index (χ4n) is 3.21. The van der Waals surface area contributed by atoms with E-state index in [2.05, 4.69) is 39.8 Å². The van der Waals surface area contributed by atoms with Crippen molar-refractivity contribution in [3.8, 4) is 0 Å². The number of carbonyl (C=O) groups excluding carboxylic acids is 1. The van der Waals surface area contributed by atoms with Crippen molar-refractivity contribution in [3.63, 3.8) is 0 Å². The number of hydrogen-bond donors (Lipinski definition) is 0. The van der Waals surface area contributed by atoms with Crippen LogP contribution in [0.5, 0.6) is 0 Å². The summed E-state index contributed by atoms with van der Waals surface area (Å²) in [7, 11) is 0. The van der Waals surface area contributed by atoms with Crippen LogP contribution in [0.2, 0.25) is 13.3 Å². The van der Waals surface area contributed by atoms with Crippen LogP contribution in [0.4, 0.5) is 0 Å². The van der Waals surface area contributed by atoms with Crippen LogP contribution in [0, 0.1) is 6.92 Å². The van der Waals surface area contributed by atoms with Gasteiger partial charge in [-0.15, -0.1) is 0 Å². The van der Waals surface area contributed by atoms with Crippen LogP contribution in [0.1, 0.15) is 70.4 Å². The molecule has 0 saturated carbocycles. The van der Waals surface area contributed by atoms with Crippen molar-refractivity contribution in [3.05, 3.63) is 41.5 Å². The summed E-state index contributed by atoms with van der Waals surface area (Å²) in [6, 6.07) is 8.20. The molecule has 3 heteroatoms. The van der Waals surface area contributed by atoms with Gasteiger partial charge in [-0.1, -0.05) is 0 Å². The maximum atomic E-state index is 12.5. The number of aryl methyl sites for hydroxylation is 1. The van der Waals surface area contributed by atoms with Gasteiger partial charge < -0.3 is 0 Å². The minimum absolute atomic E-state index is 0.111. The summed E-state index contributed by atoms with van der Waals surface area (Å²) in [5.41, 5.74) is 2.27. The molecule has 25 heavy (non-hydrogen) atoms. The van der Waals surface area contributed by atoms with E-state index in [9.17, 15) is 4.79 Å². The molecule has 0 aliphatic heterocycles. The molecule has 0 N–H and O–H groups in total. The van der Waals surface area contributed by atoms with Crippen molar-refractivity contribution in [2.24, 2.45) is 0 Å². The summed E-state index contributed by atoms with van der Waals surface area (Å²) in [6.45, 7) is 8.76. The zero-order chi connectivity index (χ0) is 18.5. The quantitative estimate of drug-likeness (QED) is 0.255. The van der Waals surface area contributed by atoms with Gasteiger partial charge >= 0.3 is 160 Å². The van der Waals surface area contributed by atoms with Crippen LogP contribution >= 0.6 is 0 Å². The normalized spacial score (nSPS) is 11.8. The predicted octanol–water partition coefficient (Wildman–Crippen LogP) is 6.90. The van der Waals surface area contributed by atoms with E-state index in [1.165, 1.54) is 57.4 Å². The van der Waals surface area contributed by atoms with Crippen LogP contribution in [-0.4, -0.2) is 24.8 Å². The monoisotopic (exact) mass is 452 g/mol. The summed E-state index contributed by atoms with van der Waals surface area (Å²) in [5.74, 6) is -0.111. The van der Waals surface area contributed by atoms with E-state index in [-0.39, 0.29) is 5.97 Å². The van der Waals surface area contributed by atoms with Crippen LogP contribution in [0.15, 0.2) is 30.3 Å². The molecule has 2 nitrogen and oxygen atoms in total. The second kappa shape index (κ2) is 12.6. The zero-order valence-electron chi connectivity index (χ0n) is 16.6. The first-order chi connectivity index (χ1) is 12.0. The maximum absolute atomic E-state index is 12.5. The minimum atomic E-state index is -2.84. The second-order valence-electron chi connectivity index (χ2n) is 7.16. The van der Waals surface area contributed by atoms with Crippen molar-refractivity contribution in [2.75, 3.05) is 0 Å². The van der Waals surface area contributed by atoms with Gasteiger partial charge in [-0.25, -0.2) is 0 Å². The third-order valence-corrected chi connectivity index (χ3v) is 17.4. The van der Waals surface area contributed by atoms with Crippen LogP contribution in [0.25, 0.3) is 6.08 Å². The molecule has 0 saturated heterocycles. The van der Waals surface area contributed by atoms with Gasteiger partial charge in [0.25, 0.3) is 0 Å². The Hall–Kier alpha value is -0.771. The van der Waals surface area contributed by atoms with E-state index in [1.807, 2.05) is 18.2 Å². The van der Waals surface area contributed by atoms with Gasteiger partial charge in [0.05, 0.1) is 0 Å². The van der Waals surface area contributed by atoms with Gasteiger partial charge in [0, 0.05) is 0 Å². The number of carbonyl (C=O) groups is 1. The molecule has 0 aliphatic carbocycles. The van der Waals surface area contributed by atoms with Crippen molar-refractivity contribution < 1.29 is 7.87 Å². The first-order valence-electron chi connectivity index (χ1n) is 10.0. The SMILES string of the molecule is CCC[CH2][Sn]([CH2]CCC)([CH2]CCC)[O]C(=O)C=Cc1cccc(C)c1. The summed E-state index contributed by atoms with van der Waals surface area (Å²) >= 11 is -2.84. The number of unbranched alkanes of at least 4 members (excludes halogenated alkanes) is 3. The fourth-order valence-corrected chi connectivity index (χ4v) is 16.2. The molecule has 0 aromatic heterocycles. The molecule has 0 aliphatic rings. The van der Waals surface area contributed by atoms with Gasteiger partial charge in [0.2, 0.25) is 0 Å². The molecule has 0 atom stereocenters. The fraction of sp³-hybridized carbons (Fsp3) is 0.591. The predicted molar refractivity (Wildman–Crippen MR) is 111 cm³/mol. The molecule has 0 spiro atoms. The van der Waals surface area contributed by atoms with Crippen molar-refractivity contribution >= 4 is 30.8 Å². The standard InChI is InChI=1S/C10H10O2.3C4H9.Sn/c1-8-3-2-4-9(7-8)5-6-10(11)12;3*1-3-4-2;/h2-7H,1H3,(H,11,12);3*1,3-4H2,2H3;/q;;;;+1/p-1. The molecule has 1 aromatic rings. The summed E-state index contributed by atoms with van der Waals surface area (Å²) in [6.07, 6.45) is 10.7. The molecule has 140 valence electrons. The average molecular weight is 451 g/mol. The van der Waals surface area contributed by atoms with Gasteiger partial charge in [-0.3, -0.25) is 0 Å². The van der Waals surface area contributed by atoms with Crippen LogP contribution in [-0.2, 0) is 7.87 Å². The topological polar surface area (TPSA) is 26.3 Å². The Bertz CT molecular complexity index is 515. The molecular weight excluding hydrogens is 415 g/mol. The molecule has 0 bridgehead atoms. The van der Waals surface area contributed by atoms with Crippen molar-refractivity contribution in [1.29, 1.82) is 0 Å². The van der Waals surface area contributed by atoms with E-state index >= 15 is 0 Å². The Morgan fingerprint density at radius 1 is 1.00 bits per heavy atom. The van der Waals surface area contributed by atoms with E-state index < -0.39 is 18.8 Å². The summed E-state index contributed by atoms with van der Waals surface area (Å²) in [4.78, 5) is 12.5. The molecule has 0 unspecified atom stereocenters. The van der Waals surface area contributed by atoms with E-state index in [1.54, 1.807) is 6.08 Å². The summed E-state index contributed by atoms with van der Waals surface area (Å²) < 4.78 is 9.85. The molecule has 0 heterocycles. The van der Waals surface area contributed by atoms with Crippen molar-refractivity contribution in [1.82, 2.24) is 0 Å². The first kappa shape index (κ1) is 22.3. The Morgan fingerprint density at radius 2 is 1.56 bits per heavy atom. The Morgan fingerprint density at radius 3 is 2.04 bits per heavy atom. The molecule has 0 radical (unpaired) electrons. The van der Waals surface area contributed by atoms with Gasteiger partial charge in [0.1, 0.15) is 0 Å². The molecule has 0 amide bonds. The average Bonchev–Trinajstić information content (AvgIpc) is 2.61.